The fourth-order valence-corrected chi connectivity index (χ4v) is 1.56. The highest BCUT2D eigenvalue weighted by atomic mass is 15.3. The molecule has 1 heterocycles. The topological polar surface area (TPSA) is 41.6 Å². The summed E-state index contributed by atoms with van der Waals surface area (Å²) in [7, 11) is 0. The van der Waals surface area contributed by atoms with Crippen LogP contribution in [0.25, 0.3) is 11.3 Å². The second-order valence-corrected chi connectivity index (χ2v) is 4.65. The second-order valence-electron chi connectivity index (χ2n) is 4.65. The predicted molar refractivity (Wildman–Crippen MR) is 60.5 cm³/mol. The van der Waals surface area contributed by atoms with E-state index in [9.17, 15) is 0 Å². The van der Waals surface area contributed by atoms with Crippen LogP contribution in [0, 0.1) is 0 Å². The van der Waals surface area contributed by atoms with Gasteiger partial charge >= 0.3 is 0 Å². The van der Waals surface area contributed by atoms with Crippen molar-refractivity contribution in [1.29, 1.82) is 0 Å². The maximum absolute atomic E-state index is 4.16. The van der Waals surface area contributed by atoms with Crippen molar-refractivity contribution in [3.63, 3.8) is 0 Å². The first-order chi connectivity index (χ1) is 7.09. The van der Waals surface area contributed by atoms with Gasteiger partial charge in [0, 0.05) is 11.0 Å². The van der Waals surface area contributed by atoms with Gasteiger partial charge < -0.3 is 0 Å². The molecule has 0 aliphatic carbocycles. The zero-order valence-corrected chi connectivity index (χ0v) is 9.28. The van der Waals surface area contributed by atoms with E-state index in [1.807, 2.05) is 18.2 Å². The molecule has 0 unspecified atom stereocenters. The minimum Gasteiger partial charge on any atom is -0.257 e. The molecule has 0 aliphatic rings. The van der Waals surface area contributed by atoms with Crippen LogP contribution in [0.1, 0.15) is 26.5 Å². The molecule has 0 spiro atoms. The highest BCUT2D eigenvalue weighted by Crippen LogP contribution is 2.28. The molecule has 0 amide bonds. The molecular weight excluding hydrogens is 186 g/mol. The van der Waals surface area contributed by atoms with Crippen molar-refractivity contribution in [3.8, 4) is 11.3 Å². The summed E-state index contributed by atoms with van der Waals surface area (Å²) in [5.74, 6) is 0. The number of nitrogens with zero attached hydrogens (tertiary/aromatic N) is 2. The summed E-state index contributed by atoms with van der Waals surface area (Å²) in [4.78, 5) is 0. The number of rotatable bonds is 1. The van der Waals surface area contributed by atoms with Crippen molar-refractivity contribution < 1.29 is 0 Å². The highest BCUT2D eigenvalue weighted by molar-refractivity contribution is 5.62. The van der Waals surface area contributed by atoms with Gasteiger partial charge in [0.15, 0.2) is 0 Å². The molecule has 2 rings (SSSR count). The number of H-pyrrole nitrogens is 1. The van der Waals surface area contributed by atoms with E-state index in [4.69, 9.17) is 0 Å². The second kappa shape index (κ2) is 3.50. The summed E-state index contributed by atoms with van der Waals surface area (Å²) in [6.45, 7) is 6.41. The molecule has 0 fully saturated rings. The zero-order chi connectivity index (χ0) is 10.9. The first kappa shape index (κ1) is 9.90. The van der Waals surface area contributed by atoms with E-state index < -0.39 is 0 Å². The Morgan fingerprint density at radius 2 is 1.73 bits per heavy atom. The minimum atomic E-state index is 0.0121. The van der Waals surface area contributed by atoms with Crippen LogP contribution in [0.4, 0.5) is 0 Å². The van der Waals surface area contributed by atoms with Gasteiger partial charge in [0.1, 0.15) is 0 Å². The van der Waals surface area contributed by atoms with E-state index in [2.05, 4.69) is 48.3 Å². The number of benzene rings is 1. The van der Waals surface area contributed by atoms with Gasteiger partial charge in [-0.15, -0.1) is 5.10 Å². The molecule has 0 radical (unpaired) electrons. The Balaban J connectivity index is 2.51. The molecule has 3 nitrogen and oxygen atoms in total. The van der Waals surface area contributed by atoms with Gasteiger partial charge in [0.05, 0.1) is 11.4 Å². The maximum Gasteiger partial charge on any atom is 0.0957 e. The number of aromatic nitrogens is 3. The Hall–Kier alpha value is -1.64. The van der Waals surface area contributed by atoms with Crippen molar-refractivity contribution in [1.82, 2.24) is 15.4 Å². The summed E-state index contributed by atoms with van der Waals surface area (Å²) in [6, 6.07) is 10.2. The Morgan fingerprint density at radius 3 is 2.33 bits per heavy atom. The van der Waals surface area contributed by atoms with Crippen LogP contribution in [0.5, 0.6) is 0 Å². The van der Waals surface area contributed by atoms with E-state index in [1.165, 1.54) is 0 Å². The third-order valence-electron chi connectivity index (χ3n) is 2.32. The average molecular weight is 201 g/mol. The van der Waals surface area contributed by atoms with E-state index in [1.54, 1.807) is 0 Å². The Labute approximate surface area is 89.5 Å². The monoisotopic (exact) mass is 201 g/mol. The molecule has 15 heavy (non-hydrogen) atoms. The lowest BCUT2D eigenvalue weighted by atomic mass is 9.89. The molecule has 0 saturated carbocycles. The third-order valence-corrected chi connectivity index (χ3v) is 2.32. The van der Waals surface area contributed by atoms with E-state index >= 15 is 0 Å². The van der Waals surface area contributed by atoms with Crippen molar-refractivity contribution in [2.45, 2.75) is 26.2 Å². The average Bonchev–Trinajstić information content (AvgIpc) is 2.67. The SMILES string of the molecule is CC(C)(C)c1nn[nH]c1-c1ccccc1. The van der Waals surface area contributed by atoms with Gasteiger partial charge in [-0.2, -0.15) is 0 Å². The molecule has 0 bridgehead atoms. The normalized spacial score (nSPS) is 11.7. The molecule has 2 aromatic rings. The molecule has 0 saturated heterocycles. The first-order valence-corrected chi connectivity index (χ1v) is 5.06. The highest BCUT2D eigenvalue weighted by Gasteiger charge is 2.22. The number of aromatic amines is 1. The lowest BCUT2D eigenvalue weighted by Crippen LogP contribution is -2.13. The smallest absolute Gasteiger partial charge is 0.0957 e. The van der Waals surface area contributed by atoms with Crippen molar-refractivity contribution >= 4 is 0 Å². The largest absolute Gasteiger partial charge is 0.257 e. The van der Waals surface area contributed by atoms with Crippen LogP contribution < -0.4 is 0 Å². The zero-order valence-electron chi connectivity index (χ0n) is 9.28. The van der Waals surface area contributed by atoms with Crippen molar-refractivity contribution in [2.75, 3.05) is 0 Å². The molecule has 0 aliphatic heterocycles. The minimum absolute atomic E-state index is 0.0121. The van der Waals surface area contributed by atoms with E-state index in [-0.39, 0.29) is 5.41 Å². The van der Waals surface area contributed by atoms with E-state index in [0.29, 0.717) is 0 Å². The van der Waals surface area contributed by atoms with Crippen molar-refractivity contribution in [2.24, 2.45) is 0 Å². The van der Waals surface area contributed by atoms with Gasteiger partial charge in [-0.05, 0) is 0 Å². The molecule has 78 valence electrons. The van der Waals surface area contributed by atoms with Crippen molar-refractivity contribution in [3.05, 3.63) is 36.0 Å². The van der Waals surface area contributed by atoms with Crippen LogP contribution >= 0.6 is 0 Å². The fraction of sp³-hybridized carbons (Fsp3) is 0.333. The Morgan fingerprint density at radius 1 is 1.07 bits per heavy atom. The molecule has 3 heteroatoms. The van der Waals surface area contributed by atoms with Crippen LogP contribution in [-0.2, 0) is 5.41 Å². The van der Waals surface area contributed by atoms with Gasteiger partial charge in [0.25, 0.3) is 0 Å². The summed E-state index contributed by atoms with van der Waals surface area (Å²) in [6.07, 6.45) is 0. The number of hydrogen-bond acceptors (Lipinski definition) is 2. The van der Waals surface area contributed by atoms with Crippen LogP contribution in [0.15, 0.2) is 30.3 Å². The molecule has 1 aromatic carbocycles. The Kier molecular flexibility index (Phi) is 2.31. The summed E-state index contributed by atoms with van der Waals surface area (Å²) < 4.78 is 0. The predicted octanol–water partition coefficient (Wildman–Crippen LogP) is 2.77. The molecule has 1 N–H and O–H groups in total. The fourth-order valence-electron chi connectivity index (χ4n) is 1.56. The summed E-state index contributed by atoms with van der Waals surface area (Å²) in [5.41, 5.74) is 3.17. The molecular formula is C12H15N3. The van der Waals surface area contributed by atoms with Crippen LogP contribution in [0.2, 0.25) is 0 Å². The lowest BCUT2D eigenvalue weighted by Gasteiger charge is -2.16. The van der Waals surface area contributed by atoms with Gasteiger partial charge in [0.2, 0.25) is 0 Å². The van der Waals surface area contributed by atoms with Gasteiger partial charge in [-0.1, -0.05) is 56.3 Å². The number of hydrogen-bond donors (Lipinski definition) is 1. The lowest BCUT2D eigenvalue weighted by molar-refractivity contribution is 0.568. The van der Waals surface area contributed by atoms with Gasteiger partial charge in [-0.25, -0.2) is 0 Å². The summed E-state index contributed by atoms with van der Waals surface area (Å²) >= 11 is 0. The third kappa shape index (κ3) is 1.91. The quantitative estimate of drug-likeness (QED) is 0.770. The molecule has 1 aromatic heterocycles. The molecule has 0 atom stereocenters. The van der Waals surface area contributed by atoms with Crippen LogP contribution in [0.3, 0.4) is 0 Å². The first-order valence-electron chi connectivity index (χ1n) is 5.06. The maximum atomic E-state index is 4.16. The standard InChI is InChI=1S/C12H15N3/c1-12(2,3)11-10(13-15-14-11)9-7-5-4-6-8-9/h4-8H,1-3H3,(H,13,14,15). The number of nitrogens with one attached hydrogen (secondary N) is 1. The van der Waals surface area contributed by atoms with Gasteiger partial charge in [-0.3, -0.25) is 5.10 Å². The Bertz CT molecular complexity index is 437. The van der Waals surface area contributed by atoms with Crippen LogP contribution in [-0.4, -0.2) is 15.4 Å². The summed E-state index contributed by atoms with van der Waals surface area (Å²) in [5, 5.41) is 11.0. The van der Waals surface area contributed by atoms with E-state index in [0.717, 1.165) is 17.0 Å².